The lowest BCUT2D eigenvalue weighted by atomic mass is 10.4. The zero-order valence-electron chi connectivity index (χ0n) is 8.68. The van der Waals surface area contributed by atoms with Gasteiger partial charge < -0.3 is 15.1 Å². The van der Waals surface area contributed by atoms with Gasteiger partial charge in [0.25, 0.3) is 5.91 Å². The van der Waals surface area contributed by atoms with Gasteiger partial charge in [0, 0.05) is 13.1 Å². The molecule has 0 aliphatic rings. The third-order valence-corrected chi connectivity index (χ3v) is 2.01. The minimum atomic E-state index is -0.236. The number of carbonyl (C=O) groups excluding carboxylic acids is 1. The van der Waals surface area contributed by atoms with E-state index in [-0.39, 0.29) is 16.9 Å². The molecule has 1 heterocycles. The summed E-state index contributed by atoms with van der Waals surface area (Å²) in [5, 5.41) is 6.12. The molecule has 0 fully saturated rings. The third-order valence-electron chi connectivity index (χ3n) is 1.81. The van der Waals surface area contributed by atoms with Crippen molar-refractivity contribution in [3.63, 3.8) is 0 Å². The first-order valence-corrected chi connectivity index (χ1v) is 5.36. The van der Waals surface area contributed by atoms with E-state index in [0.717, 1.165) is 19.5 Å². The average Bonchev–Trinajstić information content (AvgIpc) is 2.64. The van der Waals surface area contributed by atoms with E-state index in [1.165, 1.54) is 0 Å². The molecule has 0 unspecified atom stereocenters. The van der Waals surface area contributed by atoms with Crippen LogP contribution in [0.2, 0.25) is 5.22 Å². The predicted molar refractivity (Wildman–Crippen MR) is 59.2 cm³/mol. The highest BCUT2D eigenvalue weighted by molar-refractivity contribution is 6.29. The van der Waals surface area contributed by atoms with E-state index in [1.807, 2.05) is 0 Å². The molecule has 1 aromatic rings. The number of furan rings is 1. The van der Waals surface area contributed by atoms with Crippen molar-refractivity contribution in [1.82, 2.24) is 10.6 Å². The van der Waals surface area contributed by atoms with Crippen LogP contribution in [0.5, 0.6) is 0 Å². The second-order valence-electron chi connectivity index (χ2n) is 3.11. The molecule has 0 aliphatic carbocycles. The second kappa shape index (κ2) is 6.48. The van der Waals surface area contributed by atoms with Gasteiger partial charge in [0.15, 0.2) is 11.0 Å². The Morgan fingerprint density at radius 3 is 2.80 bits per heavy atom. The van der Waals surface area contributed by atoms with Gasteiger partial charge in [-0.3, -0.25) is 4.79 Å². The topological polar surface area (TPSA) is 54.3 Å². The molecule has 0 spiro atoms. The van der Waals surface area contributed by atoms with Gasteiger partial charge >= 0.3 is 0 Å². The maximum Gasteiger partial charge on any atom is 0.287 e. The van der Waals surface area contributed by atoms with Crippen molar-refractivity contribution in [2.75, 3.05) is 19.6 Å². The molecule has 0 bridgehead atoms. The number of amides is 1. The Hall–Kier alpha value is -1.00. The van der Waals surface area contributed by atoms with Crippen LogP contribution in [-0.4, -0.2) is 25.5 Å². The van der Waals surface area contributed by atoms with Crippen LogP contribution >= 0.6 is 11.6 Å². The number of nitrogens with one attached hydrogen (secondary N) is 2. The van der Waals surface area contributed by atoms with E-state index in [1.54, 1.807) is 12.1 Å². The Morgan fingerprint density at radius 2 is 2.20 bits per heavy atom. The number of halogens is 1. The van der Waals surface area contributed by atoms with Crippen LogP contribution in [-0.2, 0) is 0 Å². The van der Waals surface area contributed by atoms with Crippen molar-refractivity contribution in [3.8, 4) is 0 Å². The minimum Gasteiger partial charge on any atom is -0.440 e. The highest BCUT2D eigenvalue weighted by Crippen LogP contribution is 2.12. The van der Waals surface area contributed by atoms with Crippen molar-refractivity contribution in [3.05, 3.63) is 23.1 Å². The predicted octanol–water partition coefficient (Wildman–Crippen LogP) is 1.66. The number of hydrogen-bond acceptors (Lipinski definition) is 3. The normalized spacial score (nSPS) is 10.3. The molecule has 0 atom stereocenters. The van der Waals surface area contributed by atoms with Crippen LogP contribution in [0.15, 0.2) is 16.5 Å². The smallest absolute Gasteiger partial charge is 0.287 e. The van der Waals surface area contributed by atoms with Gasteiger partial charge in [-0.25, -0.2) is 0 Å². The molecule has 5 heteroatoms. The fourth-order valence-electron chi connectivity index (χ4n) is 1.09. The molecule has 4 nitrogen and oxygen atoms in total. The standard InChI is InChI=1S/C10H15ClN2O2/c1-2-5-12-6-7-13-10(14)8-3-4-9(11)15-8/h3-4,12H,2,5-7H2,1H3,(H,13,14). The fourth-order valence-corrected chi connectivity index (χ4v) is 1.24. The largest absolute Gasteiger partial charge is 0.440 e. The molecule has 2 N–H and O–H groups in total. The van der Waals surface area contributed by atoms with Crippen LogP contribution < -0.4 is 10.6 Å². The summed E-state index contributed by atoms with van der Waals surface area (Å²) in [6.07, 6.45) is 1.09. The maximum absolute atomic E-state index is 11.4. The zero-order valence-corrected chi connectivity index (χ0v) is 9.43. The summed E-state index contributed by atoms with van der Waals surface area (Å²) in [5.74, 6) is 0.00990. The minimum absolute atomic E-state index is 0.226. The first-order chi connectivity index (χ1) is 7.24. The van der Waals surface area contributed by atoms with Gasteiger partial charge in [0.05, 0.1) is 0 Å². The molecule has 0 aliphatic heterocycles. The van der Waals surface area contributed by atoms with Gasteiger partial charge in [-0.05, 0) is 36.7 Å². The van der Waals surface area contributed by atoms with Crippen molar-refractivity contribution < 1.29 is 9.21 Å². The monoisotopic (exact) mass is 230 g/mol. The molecule has 1 rings (SSSR count). The van der Waals surface area contributed by atoms with Gasteiger partial charge in [-0.15, -0.1) is 0 Å². The molecule has 15 heavy (non-hydrogen) atoms. The number of rotatable bonds is 6. The van der Waals surface area contributed by atoms with Gasteiger partial charge in [-0.2, -0.15) is 0 Å². The van der Waals surface area contributed by atoms with E-state index < -0.39 is 0 Å². The Kier molecular flexibility index (Phi) is 5.21. The summed E-state index contributed by atoms with van der Waals surface area (Å²) >= 11 is 5.55. The lowest BCUT2D eigenvalue weighted by Crippen LogP contribution is -2.31. The summed E-state index contributed by atoms with van der Waals surface area (Å²) in [6.45, 7) is 4.39. The molecule has 84 valence electrons. The SMILES string of the molecule is CCCNCCNC(=O)c1ccc(Cl)o1. The molecule has 0 saturated carbocycles. The molecular formula is C10H15ClN2O2. The lowest BCUT2D eigenvalue weighted by molar-refractivity contribution is 0.0926. The summed E-state index contributed by atoms with van der Waals surface area (Å²) in [5.41, 5.74) is 0. The summed E-state index contributed by atoms with van der Waals surface area (Å²) in [6, 6.07) is 3.10. The Morgan fingerprint density at radius 1 is 1.40 bits per heavy atom. The highest BCUT2D eigenvalue weighted by atomic mass is 35.5. The van der Waals surface area contributed by atoms with Crippen LogP contribution in [0.25, 0.3) is 0 Å². The molecule has 1 aromatic heterocycles. The van der Waals surface area contributed by atoms with Gasteiger partial charge in [0.2, 0.25) is 0 Å². The van der Waals surface area contributed by atoms with Crippen LogP contribution in [0.4, 0.5) is 0 Å². The van der Waals surface area contributed by atoms with Crippen molar-refractivity contribution in [2.45, 2.75) is 13.3 Å². The molecule has 0 saturated heterocycles. The molecule has 0 aromatic carbocycles. The van der Waals surface area contributed by atoms with Crippen LogP contribution in [0.3, 0.4) is 0 Å². The van der Waals surface area contributed by atoms with E-state index in [0.29, 0.717) is 6.54 Å². The molecule has 0 radical (unpaired) electrons. The Bertz CT molecular complexity index is 312. The molecule has 1 amide bonds. The fraction of sp³-hybridized carbons (Fsp3) is 0.500. The molecular weight excluding hydrogens is 216 g/mol. The van der Waals surface area contributed by atoms with Crippen LogP contribution in [0.1, 0.15) is 23.9 Å². The third kappa shape index (κ3) is 4.36. The zero-order chi connectivity index (χ0) is 11.1. The van der Waals surface area contributed by atoms with Crippen molar-refractivity contribution in [1.29, 1.82) is 0 Å². The summed E-state index contributed by atoms with van der Waals surface area (Å²) < 4.78 is 4.96. The summed E-state index contributed by atoms with van der Waals surface area (Å²) in [7, 11) is 0. The lowest BCUT2D eigenvalue weighted by Gasteiger charge is -2.03. The highest BCUT2D eigenvalue weighted by Gasteiger charge is 2.08. The summed E-state index contributed by atoms with van der Waals surface area (Å²) in [4.78, 5) is 11.4. The van der Waals surface area contributed by atoms with Gasteiger partial charge in [0.1, 0.15) is 0 Å². The quantitative estimate of drug-likeness (QED) is 0.731. The Balaban J connectivity index is 2.19. The van der Waals surface area contributed by atoms with Gasteiger partial charge in [-0.1, -0.05) is 6.92 Å². The maximum atomic E-state index is 11.4. The Labute approximate surface area is 94.0 Å². The second-order valence-corrected chi connectivity index (χ2v) is 3.48. The first-order valence-electron chi connectivity index (χ1n) is 4.98. The van der Waals surface area contributed by atoms with Crippen molar-refractivity contribution in [2.24, 2.45) is 0 Å². The first kappa shape index (κ1) is 12.1. The van der Waals surface area contributed by atoms with Crippen LogP contribution in [0, 0.1) is 0 Å². The van der Waals surface area contributed by atoms with Crippen molar-refractivity contribution >= 4 is 17.5 Å². The average molecular weight is 231 g/mol. The van der Waals surface area contributed by atoms with E-state index in [2.05, 4.69) is 17.6 Å². The van der Waals surface area contributed by atoms with E-state index in [9.17, 15) is 4.79 Å². The van der Waals surface area contributed by atoms with E-state index in [4.69, 9.17) is 16.0 Å². The van der Waals surface area contributed by atoms with E-state index >= 15 is 0 Å². The number of carbonyl (C=O) groups is 1. The number of hydrogen-bond donors (Lipinski definition) is 2.